The lowest BCUT2D eigenvalue weighted by Crippen LogP contribution is -2.30. The molecule has 5 heteroatoms. The van der Waals surface area contributed by atoms with E-state index in [0.717, 1.165) is 15.6 Å². The maximum Gasteiger partial charge on any atom is 0.233 e. The van der Waals surface area contributed by atoms with Crippen molar-refractivity contribution in [3.8, 4) is 0 Å². The lowest BCUT2D eigenvalue weighted by molar-refractivity contribution is -0.140. The van der Waals surface area contributed by atoms with E-state index in [1.165, 1.54) is 11.0 Å². The van der Waals surface area contributed by atoms with Crippen LogP contribution in [0.4, 0.5) is 0 Å². The Morgan fingerprint density at radius 1 is 1.08 bits per heavy atom. The number of hydrogen-bond acceptors (Lipinski definition) is 3. The van der Waals surface area contributed by atoms with E-state index in [2.05, 4.69) is 15.9 Å². The van der Waals surface area contributed by atoms with E-state index in [-0.39, 0.29) is 37.0 Å². The quantitative estimate of drug-likeness (QED) is 0.533. The second kappa shape index (κ2) is 8.23. The first-order valence-electron chi connectivity index (χ1n) is 8.37. The Bertz CT molecular complexity index is 843. The van der Waals surface area contributed by atoms with Crippen LogP contribution in [0.1, 0.15) is 24.0 Å². The fourth-order valence-electron chi connectivity index (χ4n) is 2.92. The number of nitrogens with zero attached hydrogens (tertiary/aromatic N) is 1. The van der Waals surface area contributed by atoms with Crippen LogP contribution in [0, 0.1) is 5.92 Å². The number of likely N-dealkylation sites (tertiary alicyclic amines) is 1. The van der Waals surface area contributed by atoms with E-state index in [9.17, 15) is 14.4 Å². The van der Waals surface area contributed by atoms with Crippen molar-refractivity contribution in [1.82, 2.24) is 4.90 Å². The first kappa shape index (κ1) is 18.3. The van der Waals surface area contributed by atoms with Crippen molar-refractivity contribution >= 4 is 39.6 Å². The Hall–Kier alpha value is -2.53. The lowest BCUT2D eigenvalue weighted by Gasteiger charge is -2.14. The van der Waals surface area contributed by atoms with Gasteiger partial charge in [0, 0.05) is 17.3 Å². The molecule has 2 aromatic carbocycles. The molecule has 0 radical (unpaired) electrons. The highest BCUT2D eigenvalue weighted by Gasteiger charge is 2.38. The highest BCUT2D eigenvalue weighted by atomic mass is 79.9. The van der Waals surface area contributed by atoms with Crippen molar-refractivity contribution in [3.05, 3.63) is 76.3 Å². The number of ketones is 1. The molecule has 26 heavy (non-hydrogen) atoms. The topological polar surface area (TPSA) is 54.5 Å². The van der Waals surface area contributed by atoms with E-state index in [1.807, 2.05) is 54.6 Å². The number of hydrogen-bond donors (Lipinski definition) is 0. The number of imide groups is 1. The van der Waals surface area contributed by atoms with Crippen molar-refractivity contribution in [2.45, 2.75) is 19.4 Å². The average molecular weight is 412 g/mol. The van der Waals surface area contributed by atoms with Crippen LogP contribution in [0.3, 0.4) is 0 Å². The molecule has 1 aliphatic heterocycles. The molecule has 1 heterocycles. The largest absolute Gasteiger partial charge is 0.295 e. The standard InChI is InChI=1S/C21H18BrNO3/c22-18-9-6-15(7-10-18)8-11-19(24)12-17-13-20(25)23(21(17)26)14-16-4-2-1-3-5-16/h1-11,17H,12-14H2/b11-8+/t17-/m0/s1. The number of rotatable bonds is 6. The van der Waals surface area contributed by atoms with Crippen LogP contribution >= 0.6 is 15.9 Å². The Morgan fingerprint density at radius 2 is 1.77 bits per heavy atom. The number of carbonyl (C=O) groups excluding carboxylic acids is 3. The fourth-order valence-corrected chi connectivity index (χ4v) is 3.18. The average Bonchev–Trinajstić information content (AvgIpc) is 2.89. The summed E-state index contributed by atoms with van der Waals surface area (Å²) in [5.41, 5.74) is 1.80. The third-order valence-electron chi connectivity index (χ3n) is 4.30. The van der Waals surface area contributed by atoms with Gasteiger partial charge in [-0.05, 0) is 29.3 Å². The molecule has 0 saturated carbocycles. The van der Waals surface area contributed by atoms with Gasteiger partial charge in [0.05, 0.1) is 12.5 Å². The monoisotopic (exact) mass is 411 g/mol. The Kier molecular flexibility index (Phi) is 5.78. The minimum absolute atomic E-state index is 0.0584. The number of halogens is 1. The summed E-state index contributed by atoms with van der Waals surface area (Å²) in [6, 6.07) is 16.9. The van der Waals surface area contributed by atoms with E-state index in [0.29, 0.717) is 0 Å². The van der Waals surface area contributed by atoms with E-state index in [1.54, 1.807) is 6.08 Å². The van der Waals surface area contributed by atoms with Gasteiger partial charge in [-0.15, -0.1) is 0 Å². The maximum atomic E-state index is 12.5. The number of allylic oxidation sites excluding steroid dienone is 1. The summed E-state index contributed by atoms with van der Waals surface area (Å²) in [5.74, 6) is -1.19. The Balaban J connectivity index is 1.59. The molecular formula is C21H18BrNO3. The molecule has 1 aliphatic rings. The molecule has 0 aliphatic carbocycles. The second-order valence-electron chi connectivity index (χ2n) is 6.26. The minimum Gasteiger partial charge on any atom is -0.295 e. The summed E-state index contributed by atoms with van der Waals surface area (Å²) in [6.07, 6.45) is 3.35. The van der Waals surface area contributed by atoms with Crippen LogP contribution < -0.4 is 0 Å². The third-order valence-corrected chi connectivity index (χ3v) is 4.83. The van der Waals surface area contributed by atoms with Gasteiger partial charge in [-0.1, -0.05) is 64.5 Å². The van der Waals surface area contributed by atoms with Gasteiger partial charge in [0.25, 0.3) is 0 Å². The molecule has 3 rings (SSSR count). The van der Waals surface area contributed by atoms with Crippen molar-refractivity contribution < 1.29 is 14.4 Å². The molecule has 4 nitrogen and oxygen atoms in total. The van der Waals surface area contributed by atoms with Crippen LogP contribution in [-0.4, -0.2) is 22.5 Å². The predicted molar refractivity (Wildman–Crippen MR) is 103 cm³/mol. The van der Waals surface area contributed by atoms with Gasteiger partial charge < -0.3 is 0 Å². The summed E-state index contributed by atoms with van der Waals surface area (Å²) in [6.45, 7) is 0.262. The zero-order valence-electron chi connectivity index (χ0n) is 14.1. The van der Waals surface area contributed by atoms with E-state index < -0.39 is 5.92 Å². The van der Waals surface area contributed by atoms with Crippen LogP contribution in [0.15, 0.2) is 65.1 Å². The van der Waals surface area contributed by atoms with Crippen molar-refractivity contribution in [1.29, 1.82) is 0 Å². The van der Waals surface area contributed by atoms with Gasteiger partial charge >= 0.3 is 0 Å². The smallest absolute Gasteiger partial charge is 0.233 e. The first-order valence-corrected chi connectivity index (χ1v) is 9.17. The van der Waals surface area contributed by atoms with E-state index >= 15 is 0 Å². The van der Waals surface area contributed by atoms with Crippen LogP contribution in [0.25, 0.3) is 6.08 Å². The zero-order chi connectivity index (χ0) is 18.5. The molecular weight excluding hydrogens is 394 g/mol. The van der Waals surface area contributed by atoms with Crippen LogP contribution in [0.2, 0.25) is 0 Å². The highest BCUT2D eigenvalue weighted by Crippen LogP contribution is 2.25. The van der Waals surface area contributed by atoms with E-state index in [4.69, 9.17) is 0 Å². The predicted octanol–water partition coefficient (Wildman–Crippen LogP) is 4.00. The minimum atomic E-state index is -0.562. The van der Waals surface area contributed by atoms with Gasteiger partial charge in [0.1, 0.15) is 0 Å². The second-order valence-corrected chi connectivity index (χ2v) is 7.18. The molecule has 1 fully saturated rings. The maximum absolute atomic E-state index is 12.5. The molecule has 0 unspecified atom stereocenters. The highest BCUT2D eigenvalue weighted by molar-refractivity contribution is 9.10. The number of amides is 2. The van der Waals surface area contributed by atoms with Crippen molar-refractivity contribution in [2.24, 2.45) is 5.92 Å². The summed E-state index contributed by atoms with van der Waals surface area (Å²) in [5, 5.41) is 0. The fraction of sp³-hybridized carbons (Fsp3) is 0.190. The Labute approximate surface area is 160 Å². The van der Waals surface area contributed by atoms with Gasteiger partial charge in [-0.25, -0.2) is 0 Å². The molecule has 1 saturated heterocycles. The molecule has 2 aromatic rings. The van der Waals surface area contributed by atoms with Crippen molar-refractivity contribution in [2.75, 3.05) is 0 Å². The van der Waals surface area contributed by atoms with Crippen LogP contribution in [0.5, 0.6) is 0 Å². The van der Waals surface area contributed by atoms with Crippen LogP contribution in [-0.2, 0) is 20.9 Å². The molecule has 0 bridgehead atoms. The lowest BCUT2D eigenvalue weighted by atomic mass is 10.0. The zero-order valence-corrected chi connectivity index (χ0v) is 15.7. The van der Waals surface area contributed by atoms with Gasteiger partial charge in [0.15, 0.2) is 5.78 Å². The van der Waals surface area contributed by atoms with Gasteiger partial charge in [-0.2, -0.15) is 0 Å². The Morgan fingerprint density at radius 3 is 2.46 bits per heavy atom. The molecule has 0 aromatic heterocycles. The molecule has 1 atom stereocenters. The number of benzene rings is 2. The van der Waals surface area contributed by atoms with Gasteiger partial charge in [0.2, 0.25) is 11.8 Å². The van der Waals surface area contributed by atoms with Crippen molar-refractivity contribution in [3.63, 3.8) is 0 Å². The first-order chi connectivity index (χ1) is 12.5. The summed E-state index contributed by atoms with van der Waals surface area (Å²) in [4.78, 5) is 38.1. The SMILES string of the molecule is O=C(/C=C/c1ccc(Br)cc1)C[C@H]1CC(=O)N(Cc2ccccc2)C1=O. The molecule has 2 amide bonds. The number of carbonyl (C=O) groups is 3. The normalized spacial score (nSPS) is 17.3. The molecule has 0 spiro atoms. The van der Waals surface area contributed by atoms with Gasteiger partial charge in [-0.3, -0.25) is 19.3 Å². The summed E-state index contributed by atoms with van der Waals surface area (Å²) in [7, 11) is 0. The third kappa shape index (κ3) is 4.55. The summed E-state index contributed by atoms with van der Waals surface area (Å²) >= 11 is 3.36. The summed E-state index contributed by atoms with van der Waals surface area (Å²) < 4.78 is 0.967. The molecule has 0 N–H and O–H groups in total. The molecule has 132 valence electrons.